The highest BCUT2D eigenvalue weighted by Crippen LogP contribution is 2.43. The zero-order valence-corrected chi connectivity index (χ0v) is 29.2. The molecule has 4 aromatic rings. The van der Waals surface area contributed by atoms with Gasteiger partial charge in [-0.2, -0.15) is 5.26 Å². The van der Waals surface area contributed by atoms with Crippen LogP contribution in [0, 0.1) is 24.1 Å². The molecule has 0 spiro atoms. The van der Waals surface area contributed by atoms with Gasteiger partial charge in [0, 0.05) is 23.5 Å². The third-order valence-corrected chi connectivity index (χ3v) is 14.4. The highest BCUT2D eigenvalue weighted by molar-refractivity contribution is 7.93. The smallest absolute Gasteiger partial charge is 0.243 e. The lowest BCUT2D eigenvalue weighted by atomic mass is 10.0. The number of methoxy groups -OCH3 is 2. The average molecular weight is 667 g/mol. The minimum absolute atomic E-state index is 0.0288. The quantitative estimate of drug-likeness (QED) is 0.176. The van der Waals surface area contributed by atoms with Gasteiger partial charge < -0.3 is 13.9 Å². The normalized spacial score (nSPS) is 13.5. The van der Waals surface area contributed by atoms with E-state index >= 15 is 4.39 Å². The molecular formula is C32H39FN6O5SSi. The number of sulfonamides is 1. The number of hydrogen-bond acceptors (Lipinski definition) is 9. The fraction of sp³-hybridized carbons (Fsp3) is 0.375. The Kier molecular flexibility index (Phi) is 9.91. The number of hydrogen-bond donors (Lipinski definition) is 1. The monoisotopic (exact) mass is 666 g/mol. The van der Waals surface area contributed by atoms with Crippen LogP contribution < -0.4 is 14.2 Å². The number of aryl methyl sites for hydroxylation is 1. The summed E-state index contributed by atoms with van der Waals surface area (Å²) >= 11 is 0. The first-order valence-electron chi connectivity index (χ1n) is 14.5. The number of nitrogens with zero attached hydrogens (tertiary/aromatic N) is 5. The van der Waals surface area contributed by atoms with Gasteiger partial charge >= 0.3 is 0 Å². The number of para-hydroxylation sites is 1. The molecule has 0 amide bonds. The van der Waals surface area contributed by atoms with Crippen LogP contribution in [0.25, 0.3) is 17.1 Å². The van der Waals surface area contributed by atoms with Gasteiger partial charge in [-0.05, 0) is 67.9 Å². The van der Waals surface area contributed by atoms with Crippen molar-refractivity contribution in [1.82, 2.24) is 19.7 Å². The van der Waals surface area contributed by atoms with E-state index in [2.05, 4.69) is 19.9 Å². The van der Waals surface area contributed by atoms with E-state index in [0.29, 0.717) is 22.7 Å². The van der Waals surface area contributed by atoms with E-state index in [1.807, 2.05) is 52.9 Å². The number of nitriles is 1. The van der Waals surface area contributed by atoms with Crippen molar-refractivity contribution < 1.29 is 26.7 Å². The minimum atomic E-state index is -4.36. The molecule has 2 aromatic heterocycles. The fourth-order valence-electron chi connectivity index (χ4n) is 4.60. The van der Waals surface area contributed by atoms with Crippen LogP contribution in [-0.4, -0.2) is 56.0 Å². The Morgan fingerprint density at radius 3 is 2.24 bits per heavy atom. The largest absolute Gasteiger partial charge is 0.494 e. The van der Waals surface area contributed by atoms with Gasteiger partial charge in [-0.25, -0.2) is 12.8 Å². The first kappa shape index (κ1) is 34.5. The molecule has 4 rings (SSSR count). The van der Waals surface area contributed by atoms with E-state index < -0.39 is 35.5 Å². The predicted molar refractivity (Wildman–Crippen MR) is 177 cm³/mol. The molecule has 2 aromatic carbocycles. The van der Waals surface area contributed by atoms with E-state index in [-0.39, 0.29) is 27.9 Å². The summed E-state index contributed by atoms with van der Waals surface area (Å²) in [6, 6.07) is 12.8. The number of halogens is 1. The molecule has 2 heterocycles. The summed E-state index contributed by atoms with van der Waals surface area (Å²) in [5.74, 6) is 0.122. The maximum Gasteiger partial charge on any atom is 0.243 e. The number of rotatable bonds is 11. The molecule has 14 heteroatoms. The average Bonchev–Trinajstić information content (AvgIpc) is 3.40. The van der Waals surface area contributed by atoms with Crippen LogP contribution in [0.3, 0.4) is 0 Å². The summed E-state index contributed by atoms with van der Waals surface area (Å²) in [5.41, 5.74) is 1.91. The van der Waals surface area contributed by atoms with Crippen LogP contribution in [0.1, 0.15) is 50.5 Å². The molecule has 0 saturated carbocycles. The van der Waals surface area contributed by atoms with E-state index in [9.17, 15) is 13.7 Å². The molecule has 244 valence electrons. The molecule has 0 aliphatic carbocycles. The molecule has 0 radical (unpaired) electrons. The number of anilines is 1. The summed E-state index contributed by atoms with van der Waals surface area (Å²) in [6.45, 7) is 13.3. The number of pyridine rings is 1. The molecule has 46 heavy (non-hydrogen) atoms. The third kappa shape index (κ3) is 6.91. The SMILES string of the molecule is COc1cccc(OC)c1-n1c(NS(=O)(=O)[C@H](C)[C@@H](O[Si](C)(C)C(C)(C)C)c2ccc(C#N)cc2F)nnc1-c1cncc(C)c1. The maximum atomic E-state index is 15.5. The van der Waals surface area contributed by atoms with Crippen molar-refractivity contribution in [3.8, 4) is 34.6 Å². The van der Waals surface area contributed by atoms with Crippen molar-refractivity contribution in [2.24, 2.45) is 0 Å². The number of aromatic nitrogens is 4. The van der Waals surface area contributed by atoms with Crippen LogP contribution >= 0.6 is 0 Å². The van der Waals surface area contributed by atoms with Crippen molar-refractivity contribution in [3.05, 3.63) is 77.4 Å². The second-order valence-corrected chi connectivity index (χ2v) is 19.2. The lowest BCUT2D eigenvalue weighted by Gasteiger charge is -2.40. The molecule has 0 aliphatic heterocycles. The van der Waals surface area contributed by atoms with Gasteiger partial charge in [0.05, 0.1) is 32.0 Å². The van der Waals surface area contributed by atoms with E-state index in [4.69, 9.17) is 13.9 Å². The number of benzene rings is 2. The van der Waals surface area contributed by atoms with Crippen LogP contribution in [-0.2, 0) is 14.4 Å². The Bertz CT molecular complexity index is 1860. The standard InChI is InChI=1S/C32H39FN6O5SSi/c1-20-15-23(19-35-18-20)30-36-37-31(39(30)28-26(42-6)11-10-12-27(28)43-7)38-45(40,41)21(2)29(44-46(8,9)32(3,4)5)24-14-13-22(17-34)16-25(24)33/h10-16,18-19,21,29H,1-9H3,(H,37,38)/t21-,29-/m1/s1. The van der Waals surface area contributed by atoms with Crippen molar-refractivity contribution in [2.75, 3.05) is 18.9 Å². The molecule has 0 bridgehead atoms. The van der Waals surface area contributed by atoms with Crippen LogP contribution in [0.2, 0.25) is 18.1 Å². The van der Waals surface area contributed by atoms with Gasteiger partial charge in [0.15, 0.2) is 14.1 Å². The lowest BCUT2D eigenvalue weighted by Crippen LogP contribution is -2.45. The van der Waals surface area contributed by atoms with E-state index in [1.165, 1.54) is 37.8 Å². The highest BCUT2D eigenvalue weighted by Gasteiger charge is 2.44. The van der Waals surface area contributed by atoms with E-state index in [1.54, 1.807) is 30.6 Å². The summed E-state index contributed by atoms with van der Waals surface area (Å²) in [4.78, 5) is 4.27. The third-order valence-electron chi connectivity index (χ3n) is 8.23. The molecule has 0 aliphatic rings. The molecule has 11 nitrogen and oxygen atoms in total. The van der Waals surface area contributed by atoms with Crippen molar-refractivity contribution in [3.63, 3.8) is 0 Å². The Labute approximate surface area is 270 Å². The summed E-state index contributed by atoms with van der Waals surface area (Å²) < 4.78 is 66.0. The molecule has 0 fully saturated rings. The first-order valence-corrected chi connectivity index (χ1v) is 19.0. The Morgan fingerprint density at radius 1 is 1.04 bits per heavy atom. The Hall–Kier alpha value is -4.32. The van der Waals surface area contributed by atoms with Gasteiger partial charge in [0.2, 0.25) is 16.0 Å². The molecular weight excluding hydrogens is 628 g/mol. The van der Waals surface area contributed by atoms with Crippen LogP contribution in [0.15, 0.2) is 54.9 Å². The van der Waals surface area contributed by atoms with Crippen LogP contribution in [0.5, 0.6) is 11.5 Å². The lowest BCUT2D eigenvalue weighted by molar-refractivity contribution is 0.177. The zero-order valence-electron chi connectivity index (χ0n) is 27.4. The van der Waals surface area contributed by atoms with Gasteiger partial charge in [0.1, 0.15) is 28.3 Å². The zero-order chi connectivity index (χ0) is 34.0. The first-order chi connectivity index (χ1) is 21.5. The molecule has 0 unspecified atom stereocenters. The maximum absolute atomic E-state index is 15.5. The summed E-state index contributed by atoms with van der Waals surface area (Å²) in [6.07, 6.45) is 2.06. The molecule has 2 atom stereocenters. The van der Waals surface area contributed by atoms with Gasteiger partial charge in [-0.1, -0.05) is 32.9 Å². The summed E-state index contributed by atoms with van der Waals surface area (Å²) in [5, 5.41) is 16.2. The number of ether oxygens (including phenoxy) is 2. The fourth-order valence-corrected chi connectivity index (χ4v) is 7.11. The highest BCUT2D eigenvalue weighted by atomic mass is 32.2. The topological polar surface area (TPSA) is 141 Å². The van der Waals surface area contributed by atoms with Gasteiger partial charge in [-0.3, -0.25) is 14.3 Å². The Morgan fingerprint density at radius 2 is 1.70 bits per heavy atom. The van der Waals surface area contributed by atoms with Gasteiger partial charge in [-0.15, -0.1) is 10.2 Å². The van der Waals surface area contributed by atoms with Crippen molar-refractivity contribution in [2.45, 2.75) is 64.1 Å². The summed E-state index contributed by atoms with van der Waals surface area (Å²) in [7, 11) is -4.06. The van der Waals surface area contributed by atoms with Gasteiger partial charge in [0.25, 0.3) is 0 Å². The number of nitrogens with one attached hydrogen (secondary N) is 1. The second-order valence-electron chi connectivity index (χ2n) is 12.4. The van der Waals surface area contributed by atoms with Crippen LogP contribution in [0.4, 0.5) is 10.3 Å². The van der Waals surface area contributed by atoms with Crippen molar-refractivity contribution in [1.29, 1.82) is 5.26 Å². The van der Waals surface area contributed by atoms with E-state index in [0.717, 1.165) is 11.6 Å². The Balaban J connectivity index is 1.89. The molecule has 1 N–H and O–H groups in total. The minimum Gasteiger partial charge on any atom is -0.494 e. The predicted octanol–water partition coefficient (Wildman–Crippen LogP) is 6.56. The van der Waals surface area contributed by atoms with Crippen molar-refractivity contribution >= 4 is 24.3 Å². The molecule has 0 saturated heterocycles. The second kappa shape index (κ2) is 13.2.